The largest absolute Gasteiger partial charge is 0.349 e. The zero-order chi connectivity index (χ0) is 10.4. The van der Waals surface area contributed by atoms with Gasteiger partial charge in [-0.05, 0) is 6.07 Å². The number of carbonyl (C=O) groups is 1. The van der Waals surface area contributed by atoms with Gasteiger partial charge in [-0.1, -0.05) is 0 Å². The number of hydrogen-bond acceptors (Lipinski definition) is 3. The standard InChI is InChI=1S/C9H16N4O/c1-13(2)9(14)4-5-10-7-8-3-6-11-12-8/h3,6,10H,4-5,7H2,1-2H3,(H,11,12). The fraction of sp³-hybridized carbons (Fsp3) is 0.556. The van der Waals surface area contributed by atoms with Gasteiger partial charge in [-0.3, -0.25) is 9.89 Å². The summed E-state index contributed by atoms with van der Waals surface area (Å²) < 4.78 is 0. The normalized spacial score (nSPS) is 10.1. The Morgan fingerprint density at radius 1 is 1.64 bits per heavy atom. The number of H-pyrrole nitrogens is 1. The Balaban J connectivity index is 2.08. The minimum absolute atomic E-state index is 0.141. The first-order valence-electron chi connectivity index (χ1n) is 4.59. The summed E-state index contributed by atoms with van der Waals surface area (Å²) in [6, 6.07) is 1.90. The molecule has 5 heteroatoms. The number of amides is 1. The molecule has 14 heavy (non-hydrogen) atoms. The van der Waals surface area contributed by atoms with E-state index in [1.165, 1.54) is 0 Å². The molecule has 1 rings (SSSR count). The SMILES string of the molecule is CN(C)C(=O)CCNCc1ccn[nH]1. The Morgan fingerprint density at radius 2 is 2.43 bits per heavy atom. The van der Waals surface area contributed by atoms with Crippen molar-refractivity contribution < 1.29 is 4.79 Å². The van der Waals surface area contributed by atoms with Gasteiger partial charge in [-0.2, -0.15) is 5.10 Å². The molecular formula is C9H16N4O. The summed E-state index contributed by atoms with van der Waals surface area (Å²) >= 11 is 0. The van der Waals surface area contributed by atoms with Gasteiger partial charge in [0.2, 0.25) is 5.91 Å². The average molecular weight is 196 g/mol. The van der Waals surface area contributed by atoms with Crippen LogP contribution >= 0.6 is 0 Å². The lowest BCUT2D eigenvalue weighted by Gasteiger charge is -2.09. The Labute approximate surface area is 83.5 Å². The zero-order valence-electron chi connectivity index (χ0n) is 8.58. The topological polar surface area (TPSA) is 61.0 Å². The summed E-state index contributed by atoms with van der Waals surface area (Å²) in [6.07, 6.45) is 2.24. The minimum Gasteiger partial charge on any atom is -0.349 e. The first-order chi connectivity index (χ1) is 6.70. The summed E-state index contributed by atoms with van der Waals surface area (Å²) in [5, 5.41) is 9.82. The van der Waals surface area contributed by atoms with Crippen LogP contribution in [0.1, 0.15) is 12.1 Å². The van der Waals surface area contributed by atoms with Gasteiger partial charge in [-0.25, -0.2) is 0 Å². The molecule has 1 amide bonds. The van der Waals surface area contributed by atoms with Gasteiger partial charge in [0, 0.05) is 45.5 Å². The van der Waals surface area contributed by atoms with Crippen LogP contribution in [0.25, 0.3) is 0 Å². The number of hydrogen-bond donors (Lipinski definition) is 2. The Hall–Kier alpha value is -1.36. The highest BCUT2D eigenvalue weighted by Crippen LogP contribution is 1.90. The smallest absolute Gasteiger partial charge is 0.223 e. The second kappa shape index (κ2) is 5.39. The van der Waals surface area contributed by atoms with Crippen LogP contribution in [0, 0.1) is 0 Å². The maximum atomic E-state index is 11.2. The van der Waals surface area contributed by atoms with Crippen molar-refractivity contribution in [2.24, 2.45) is 0 Å². The second-order valence-electron chi connectivity index (χ2n) is 3.30. The van der Waals surface area contributed by atoms with Gasteiger partial charge in [-0.15, -0.1) is 0 Å². The van der Waals surface area contributed by atoms with E-state index in [0.29, 0.717) is 13.0 Å². The number of nitrogens with one attached hydrogen (secondary N) is 2. The average Bonchev–Trinajstić information content (AvgIpc) is 2.64. The fourth-order valence-electron chi connectivity index (χ4n) is 1.03. The van der Waals surface area contributed by atoms with Gasteiger partial charge in [0.25, 0.3) is 0 Å². The summed E-state index contributed by atoms with van der Waals surface area (Å²) in [5.41, 5.74) is 1.03. The van der Waals surface area contributed by atoms with Gasteiger partial charge >= 0.3 is 0 Å². The predicted octanol–water partition coefficient (Wildman–Crippen LogP) is -0.0224. The molecule has 0 bridgehead atoms. The third kappa shape index (κ3) is 3.57. The quantitative estimate of drug-likeness (QED) is 0.650. The van der Waals surface area contributed by atoms with Crippen molar-refractivity contribution in [1.82, 2.24) is 20.4 Å². The Kier molecular flexibility index (Phi) is 4.12. The highest BCUT2D eigenvalue weighted by atomic mass is 16.2. The molecule has 1 heterocycles. The molecule has 0 fully saturated rings. The van der Waals surface area contributed by atoms with Crippen molar-refractivity contribution in [3.05, 3.63) is 18.0 Å². The van der Waals surface area contributed by atoms with E-state index >= 15 is 0 Å². The third-order valence-electron chi connectivity index (χ3n) is 1.89. The van der Waals surface area contributed by atoms with E-state index in [4.69, 9.17) is 0 Å². The van der Waals surface area contributed by atoms with Crippen LogP contribution in [-0.4, -0.2) is 41.6 Å². The lowest BCUT2D eigenvalue weighted by atomic mass is 10.3. The van der Waals surface area contributed by atoms with Crippen LogP contribution in [0.2, 0.25) is 0 Å². The number of rotatable bonds is 5. The van der Waals surface area contributed by atoms with Crippen molar-refractivity contribution in [2.75, 3.05) is 20.6 Å². The van der Waals surface area contributed by atoms with E-state index in [1.54, 1.807) is 25.2 Å². The molecule has 0 saturated carbocycles. The number of carbonyl (C=O) groups excluding carboxylic acids is 1. The van der Waals surface area contributed by atoms with Gasteiger partial charge < -0.3 is 10.2 Å². The maximum absolute atomic E-state index is 11.2. The van der Waals surface area contributed by atoms with Crippen molar-refractivity contribution in [3.8, 4) is 0 Å². The molecule has 0 aliphatic heterocycles. The first kappa shape index (κ1) is 10.7. The molecule has 1 aromatic heterocycles. The van der Waals surface area contributed by atoms with Gasteiger partial charge in [0.15, 0.2) is 0 Å². The molecule has 0 atom stereocenters. The van der Waals surface area contributed by atoms with Gasteiger partial charge in [0.05, 0.1) is 0 Å². The molecule has 0 unspecified atom stereocenters. The number of aromatic nitrogens is 2. The monoisotopic (exact) mass is 196 g/mol. The summed E-state index contributed by atoms with van der Waals surface area (Å²) in [6.45, 7) is 1.41. The van der Waals surface area contributed by atoms with Crippen LogP contribution in [0.15, 0.2) is 12.3 Å². The molecule has 0 aromatic carbocycles. The van der Waals surface area contributed by atoms with Crippen LogP contribution < -0.4 is 5.32 Å². The molecule has 1 aromatic rings. The molecule has 0 aliphatic carbocycles. The van der Waals surface area contributed by atoms with Crippen LogP contribution in [0.3, 0.4) is 0 Å². The minimum atomic E-state index is 0.141. The van der Waals surface area contributed by atoms with Crippen molar-refractivity contribution >= 4 is 5.91 Å². The van der Waals surface area contributed by atoms with Crippen molar-refractivity contribution in [1.29, 1.82) is 0 Å². The first-order valence-corrected chi connectivity index (χ1v) is 4.59. The van der Waals surface area contributed by atoms with Crippen molar-refractivity contribution in [2.45, 2.75) is 13.0 Å². The maximum Gasteiger partial charge on any atom is 0.223 e. The Morgan fingerprint density at radius 3 is 3.00 bits per heavy atom. The van der Waals surface area contributed by atoms with E-state index in [2.05, 4.69) is 15.5 Å². The number of nitrogens with zero attached hydrogens (tertiary/aromatic N) is 2. The molecule has 0 radical (unpaired) electrons. The molecule has 78 valence electrons. The van der Waals surface area contributed by atoms with E-state index in [9.17, 15) is 4.79 Å². The molecule has 0 saturated heterocycles. The lowest BCUT2D eigenvalue weighted by Crippen LogP contribution is -2.26. The molecule has 5 nitrogen and oxygen atoms in total. The molecule has 0 spiro atoms. The van der Waals surface area contributed by atoms with E-state index in [0.717, 1.165) is 12.2 Å². The van der Waals surface area contributed by atoms with Crippen LogP contribution in [0.4, 0.5) is 0 Å². The van der Waals surface area contributed by atoms with E-state index < -0.39 is 0 Å². The summed E-state index contributed by atoms with van der Waals surface area (Å²) in [4.78, 5) is 12.8. The summed E-state index contributed by atoms with van der Waals surface area (Å²) in [7, 11) is 3.52. The number of aromatic amines is 1. The molecular weight excluding hydrogens is 180 g/mol. The molecule has 2 N–H and O–H groups in total. The van der Waals surface area contributed by atoms with E-state index in [-0.39, 0.29) is 5.91 Å². The highest BCUT2D eigenvalue weighted by molar-refractivity contribution is 5.75. The fourth-order valence-corrected chi connectivity index (χ4v) is 1.03. The van der Waals surface area contributed by atoms with E-state index in [1.807, 2.05) is 6.07 Å². The summed E-state index contributed by atoms with van der Waals surface area (Å²) in [5.74, 6) is 0.141. The third-order valence-corrected chi connectivity index (χ3v) is 1.89. The van der Waals surface area contributed by atoms with Gasteiger partial charge in [0.1, 0.15) is 0 Å². The van der Waals surface area contributed by atoms with Crippen LogP contribution in [0.5, 0.6) is 0 Å². The van der Waals surface area contributed by atoms with Crippen molar-refractivity contribution in [3.63, 3.8) is 0 Å². The molecule has 0 aliphatic rings. The zero-order valence-corrected chi connectivity index (χ0v) is 8.58. The lowest BCUT2D eigenvalue weighted by molar-refractivity contribution is -0.128. The predicted molar refractivity (Wildman–Crippen MR) is 53.6 cm³/mol. The van der Waals surface area contributed by atoms with Crippen LogP contribution in [-0.2, 0) is 11.3 Å². The second-order valence-corrected chi connectivity index (χ2v) is 3.30. The highest BCUT2D eigenvalue weighted by Gasteiger charge is 2.02. The Bertz CT molecular complexity index is 268.